The Labute approximate surface area is 109 Å². The molecule has 102 valence electrons. The van der Waals surface area contributed by atoms with E-state index in [1.54, 1.807) is 0 Å². The Kier molecular flexibility index (Phi) is 6.09. The number of aryl methyl sites for hydroxylation is 1. The molecule has 0 aliphatic heterocycles. The predicted octanol–water partition coefficient (Wildman–Crippen LogP) is 2.04. The first kappa shape index (κ1) is 14.9. The largest absolute Gasteiger partial charge is 0.489 e. The van der Waals surface area contributed by atoms with Crippen molar-refractivity contribution < 1.29 is 9.84 Å². The zero-order valence-electron chi connectivity index (χ0n) is 11.7. The van der Waals surface area contributed by atoms with Gasteiger partial charge < -0.3 is 15.2 Å². The van der Waals surface area contributed by atoms with Crippen molar-refractivity contribution in [3.8, 4) is 5.75 Å². The van der Waals surface area contributed by atoms with Crippen LogP contribution in [0.15, 0.2) is 12.1 Å². The van der Waals surface area contributed by atoms with Gasteiger partial charge in [-0.05, 0) is 25.5 Å². The van der Waals surface area contributed by atoms with Crippen molar-refractivity contribution in [2.24, 2.45) is 0 Å². The third-order valence-corrected chi connectivity index (χ3v) is 2.65. The molecule has 0 saturated heterocycles. The first-order chi connectivity index (χ1) is 8.52. The molecule has 0 aliphatic carbocycles. The summed E-state index contributed by atoms with van der Waals surface area (Å²) in [4.78, 5) is 4.48. The van der Waals surface area contributed by atoms with Gasteiger partial charge in [0.2, 0.25) is 0 Å². The number of nitrogens with one attached hydrogen (secondary N) is 1. The van der Waals surface area contributed by atoms with Gasteiger partial charge in [0.15, 0.2) is 0 Å². The fourth-order valence-electron chi connectivity index (χ4n) is 1.46. The molecule has 0 bridgehead atoms. The molecule has 1 atom stereocenters. The van der Waals surface area contributed by atoms with Crippen molar-refractivity contribution in [1.29, 1.82) is 0 Å². The van der Waals surface area contributed by atoms with Gasteiger partial charge >= 0.3 is 0 Å². The summed E-state index contributed by atoms with van der Waals surface area (Å²) in [6, 6.07) is 4.25. The van der Waals surface area contributed by atoms with E-state index in [0.29, 0.717) is 25.6 Å². The van der Waals surface area contributed by atoms with E-state index in [-0.39, 0.29) is 0 Å². The monoisotopic (exact) mass is 252 g/mol. The molecular formula is C14H24N2O2. The Morgan fingerprint density at radius 1 is 1.39 bits per heavy atom. The lowest BCUT2D eigenvalue weighted by molar-refractivity contribution is 0.103. The van der Waals surface area contributed by atoms with Gasteiger partial charge in [0, 0.05) is 18.3 Å². The number of ether oxygens (including phenoxy) is 1. The molecule has 0 fully saturated rings. The summed E-state index contributed by atoms with van der Waals surface area (Å²) >= 11 is 0. The van der Waals surface area contributed by atoms with Crippen molar-refractivity contribution in [2.45, 2.75) is 52.8 Å². The smallest absolute Gasteiger partial charge is 0.142 e. The third kappa shape index (κ3) is 5.02. The molecule has 4 heteroatoms. The summed E-state index contributed by atoms with van der Waals surface area (Å²) in [5.41, 5.74) is 1.87. The van der Waals surface area contributed by atoms with E-state index < -0.39 is 6.10 Å². The molecule has 1 aromatic rings. The number of nitrogens with zero attached hydrogens (tertiary/aromatic N) is 1. The highest BCUT2D eigenvalue weighted by Crippen LogP contribution is 2.17. The van der Waals surface area contributed by atoms with Gasteiger partial charge in [-0.1, -0.05) is 20.8 Å². The molecule has 2 N–H and O–H groups in total. The van der Waals surface area contributed by atoms with Crippen molar-refractivity contribution in [3.63, 3.8) is 0 Å². The SMILES string of the molecule is CCC(O)COc1ccc(C)nc1CNC(C)C. The lowest BCUT2D eigenvalue weighted by Crippen LogP contribution is -2.24. The normalized spacial score (nSPS) is 12.8. The maximum atomic E-state index is 9.52. The molecule has 1 aromatic heterocycles. The van der Waals surface area contributed by atoms with Crippen LogP contribution in [0.2, 0.25) is 0 Å². The Hall–Kier alpha value is -1.13. The molecular weight excluding hydrogens is 228 g/mol. The quantitative estimate of drug-likeness (QED) is 0.779. The molecule has 0 aromatic carbocycles. The minimum Gasteiger partial charge on any atom is -0.489 e. The molecule has 0 saturated carbocycles. The number of aliphatic hydroxyl groups excluding tert-OH is 1. The number of aliphatic hydroxyl groups is 1. The summed E-state index contributed by atoms with van der Waals surface area (Å²) in [5, 5.41) is 12.8. The van der Waals surface area contributed by atoms with Crippen molar-refractivity contribution in [3.05, 3.63) is 23.5 Å². The average Bonchev–Trinajstić information content (AvgIpc) is 2.34. The highest BCUT2D eigenvalue weighted by Gasteiger charge is 2.09. The van der Waals surface area contributed by atoms with Crippen LogP contribution >= 0.6 is 0 Å². The molecule has 0 radical (unpaired) electrons. The predicted molar refractivity (Wildman–Crippen MR) is 72.7 cm³/mol. The Bertz CT molecular complexity index is 367. The second-order valence-corrected chi connectivity index (χ2v) is 4.81. The van der Waals surface area contributed by atoms with Crippen LogP contribution in [0.4, 0.5) is 0 Å². The van der Waals surface area contributed by atoms with Crippen LogP contribution in [0.3, 0.4) is 0 Å². The Balaban J connectivity index is 2.69. The van der Waals surface area contributed by atoms with E-state index in [1.165, 1.54) is 0 Å². The van der Waals surface area contributed by atoms with Crippen LogP contribution < -0.4 is 10.1 Å². The lowest BCUT2D eigenvalue weighted by atomic mass is 10.2. The van der Waals surface area contributed by atoms with E-state index in [9.17, 15) is 5.11 Å². The Morgan fingerprint density at radius 2 is 2.11 bits per heavy atom. The third-order valence-electron chi connectivity index (χ3n) is 2.65. The van der Waals surface area contributed by atoms with Gasteiger partial charge in [0.05, 0.1) is 11.8 Å². The molecule has 0 aliphatic rings. The maximum absolute atomic E-state index is 9.52. The summed E-state index contributed by atoms with van der Waals surface area (Å²) < 4.78 is 5.62. The van der Waals surface area contributed by atoms with Crippen LogP contribution in [0.25, 0.3) is 0 Å². The molecule has 0 amide bonds. The summed E-state index contributed by atoms with van der Waals surface area (Å²) in [6.07, 6.45) is 0.274. The number of aromatic nitrogens is 1. The molecule has 18 heavy (non-hydrogen) atoms. The second-order valence-electron chi connectivity index (χ2n) is 4.81. The second kappa shape index (κ2) is 7.34. The van der Waals surface area contributed by atoms with E-state index in [0.717, 1.165) is 17.1 Å². The molecule has 1 unspecified atom stereocenters. The fourth-order valence-corrected chi connectivity index (χ4v) is 1.46. The average molecular weight is 252 g/mol. The van der Waals surface area contributed by atoms with Crippen LogP contribution in [0.1, 0.15) is 38.6 Å². The highest BCUT2D eigenvalue weighted by atomic mass is 16.5. The summed E-state index contributed by atoms with van der Waals surface area (Å²) in [6.45, 7) is 9.08. The first-order valence-electron chi connectivity index (χ1n) is 6.53. The van der Waals surface area contributed by atoms with Gasteiger partial charge in [-0.15, -0.1) is 0 Å². The standard InChI is InChI=1S/C14H24N2O2/c1-5-12(17)9-18-14-7-6-11(4)16-13(14)8-15-10(2)3/h6-7,10,12,15,17H,5,8-9H2,1-4H3. The zero-order valence-corrected chi connectivity index (χ0v) is 11.7. The number of pyridine rings is 1. The van der Waals surface area contributed by atoms with Crippen LogP contribution in [0.5, 0.6) is 5.75 Å². The van der Waals surface area contributed by atoms with Crippen LogP contribution in [0, 0.1) is 6.92 Å². The molecule has 4 nitrogen and oxygen atoms in total. The van der Waals surface area contributed by atoms with Gasteiger partial charge in [-0.25, -0.2) is 0 Å². The van der Waals surface area contributed by atoms with E-state index >= 15 is 0 Å². The van der Waals surface area contributed by atoms with Crippen LogP contribution in [-0.2, 0) is 6.54 Å². The van der Waals surface area contributed by atoms with Crippen molar-refractivity contribution >= 4 is 0 Å². The number of hydrogen-bond acceptors (Lipinski definition) is 4. The minimum absolute atomic E-state index is 0.315. The fraction of sp³-hybridized carbons (Fsp3) is 0.643. The van der Waals surface area contributed by atoms with Gasteiger partial charge in [0.25, 0.3) is 0 Å². The topological polar surface area (TPSA) is 54.4 Å². The van der Waals surface area contributed by atoms with Gasteiger partial charge in [-0.2, -0.15) is 0 Å². The first-order valence-corrected chi connectivity index (χ1v) is 6.53. The maximum Gasteiger partial charge on any atom is 0.142 e. The highest BCUT2D eigenvalue weighted by molar-refractivity contribution is 5.29. The van der Waals surface area contributed by atoms with Crippen LogP contribution in [-0.4, -0.2) is 28.8 Å². The van der Waals surface area contributed by atoms with Gasteiger partial charge in [-0.3, -0.25) is 4.98 Å². The van der Waals surface area contributed by atoms with E-state index in [1.807, 2.05) is 26.0 Å². The van der Waals surface area contributed by atoms with E-state index in [4.69, 9.17) is 4.74 Å². The number of rotatable bonds is 7. The van der Waals surface area contributed by atoms with Gasteiger partial charge in [0.1, 0.15) is 12.4 Å². The minimum atomic E-state index is -0.419. The molecule has 1 heterocycles. The van der Waals surface area contributed by atoms with Crippen molar-refractivity contribution in [1.82, 2.24) is 10.3 Å². The summed E-state index contributed by atoms with van der Waals surface area (Å²) in [7, 11) is 0. The van der Waals surface area contributed by atoms with Crippen molar-refractivity contribution in [2.75, 3.05) is 6.61 Å². The van der Waals surface area contributed by atoms with E-state index in [2.05, 4.69) is 24.1 Å². The molecule has 0 spiro atoms. The zero-order chi connectivity index (χ0) is 13.5. The Morgan fingerprint density at radius 3 is 2.72 bits per heavy atom. The lowest BCUT2D eigenvalue weighted by Gasteiger charge is -2.15. The summed E-state index contributed by atoms with van der Waals surface area (Å²) in [5.74, 6) is 0.751. The number of hydrogen-bond donors (Lipinski definition) is 2. The molecule has 1 rings (SSSR count).